The molecule has 182 valence electrons. The van der Waals surface area contributed by atoms with E-state index in [4.69, 9.17) is 0 Å². The highest BCUT2D eigenvalue weighted by Gasteiger charge is 2.54. The topological polar surface area (TPSA) is 72.9 Å². The molecular weight excluding hydrogens is 452 g/mol. The Balaban J connectivity index is 1.30. The van der Waals surface area contributed by atoms with Gasteiger partial charge < -0.3 is 20.2 Å². The van der Waals surface area contributed by atoms with Crippen LogP contribution in [0.1, 0.15) is 42.7 Å². The number of nitrogens with zero attached hydrogens (tertiary/aromatic N) is 2. The number of aliphatic hydroxyl groups excluding tert-OH is 1. The van der Waals surface area contributed by atoms with E-state index < -0.39 is 17.7 Å². The molecule has 35 heavy (non-hydrogen) atoms. The molecule has 0 unspecified atom stereocenters. The van der Waals surface area contributed by atoms with Gasteiger partial charge in [0, 0.05) is 30.0 Å². The van der Waals surface area contributed by atoms with Crippen molar-refractivity contribution in [3.8, 4) is 11.8 Å². The Bertz CT molecular complexity index is 1180. The Labute approximate surface area is 202 Å². The second-order valence-corrected chi connectivity index (χ2v) is 9.45. The number of fused-ring (bicyclic) bond motifs is 1. The van der Waals surface area contributed by atoms with Crippen molar-refractivity contribution >= 4 is 17.6 Å². The maximum Gasteiger partial charge on any atom is 0.322 e. The Morgan fingerprint density at radius 2 is 1.86 bits per heavy atom. The van der Waals surface area contributed by atoms with Gasteiger partial charge in [0.1, 0.15) is 18.2 Å². The fraction of sp³-hybridized carbons (Fsp3) is 0.407. The van der Waals surface area contributed by atoms with Crippen molar-refractivity contribution in [3.63, 3.8) is 0 Å². The van der Waals surface area contributed by atoms with Crippen LogP contribution >= 0.6 is 0 Å². The number of carbonyl (C=O) groups is 2. The summed E-state index contributed by atoms with van der Waals surface area (Å²) in [5.74, 6) is 5.19. The van der Waals surface area contributed by atoms with Crippen LogP contribution < -0.4 is 5.32 Å². The zero-order valence-corrected chi connectivity index (χ0v) is 19.2. The van der Waals surface area contributed by atoms with Gasteiger partial charge in [-0.25, -0.2) is 13.6 Å². The average Bonchev–Trinajstić information content (AvgIpc) is 3.36. The van der Waals surface area contributed by atoms with E-state index in [2.05, 4.69) is 17.2 Å². The first kappa shape index (κ1) is 23.3. The van der Waals surface area contributed by atoms with Crippen molar-refractivity contribution in [2.75, 3.05) is 25.0 Å². The fourth-order valence-corrected chi connectivity index (χ4v) is 5.49. The number of urea groups is 1. The first-order valence-electron chi connectivity index (χ1n) is 12.0. The third-order valence-corrected chi connectivity index (χ3v) is 7.28. The van der Waals surface area contributed by atoms with Gasteiger partial charge >= 0.3 is 6.03 Å². The van der Waals surface area contributed by atoms with E-state index in [1.807, 2.05) is 24.3 Å². The number of halogens is 2. The normalized spacial score (nSPS) is 23.9. The van der Waals surface area contributed by atoms with E-state index in [1.165, 1.54) is 17.7 Å². The monoisotopic (exact) mass is 479 g/mol. The van der Waals surface area contributed by atoms with E-state index in [1.54, 1.807) is 4.90 Å². The molecule has 8 heteroatoms. The van der Waals surface area contributed by atoms with Crippen LogP contribution in [-0.4, -0.2) is 58.6 Å². The number of benzene rings is 2. The summed E-state index contributed by atoms with van der Waals surface area (Å²) in [6, 6.07) is 9.29. The lowest BCUT2D eigenvalue weighted by Gasteiger charge is -2.58. The average molecular weight is 480 g/mol. The molecule has 2 heterocycles. The minimum atomic E-state index is -0.761. The number of carbonyl (C=O) groups excluding carboxylic acids is 2. The third kappa shape index (κ3) is 4.61. The molecule has 3 amide bonds. The Morgan fingerprint density at radius 1 is 1.11 bits per heavy atom. The summed E-state index contributed by atoms with van der Waals surface area (Å²) in [6.07, 6.45) is 4.80. The minimum Gasteiger partial charge on any atom is -0.394 e. The summed E-state index contributed by atoms with van der Waals surface area (Å²) in [4.78, 5) is 28.5. The van der Waals surface area contributed by atoms with Gasteiger partial charge in [0.2, 0.25) is 5.91 Å². The number of rotatable bonds is 3. The van der Waals surface area contributed by atoms with Crippen molar-refractivity contribution in [2.24, 2.45) is 5.92 Å². The van der Waals surface area contributed by atoms with Crippen LogP contribution in [0.25, 0.3) is 0 Å². The van der Waals surface area contributed by atoms with E-state index in [-0.39, 0.29) is 49.3 Å². The molecule has 0 aromatic heterocycles. The lowest BCUT2D eigenvalue weighted by Crippen LogP contribution is -2.73. The van der Waals surface area contributed by atoms with E-state index >= 15 is 0 Å². The van der Waals surface area contributed by atoms with Gasteiger partial charge in [0.25, 0.3) is 0 Å². The Morgan fingerprint density at radius 3 is 2.57 bits per heavy atom. The highest BCUT2D eigenvalue weighted by atomic mass is 19.1. The lowest BCUT2D eigenvalue weighted by molar-refractivity contribution is -0.159. The highest BCUT2D eigenvalue weighted by molar-refractivity contribution is 5.94. The van der Waals surface area contributed by atoms with Crippen molar-refractivity contribution in [1.82, 2.24) is 9.80 Å². The molecule has 5 rings (SSSR count). The van der Waals surface area contributed by atoms with E-state index in [0.29, 0.717) is 5.92 Å². The van der Waals surface area contributed by atoms with Crippen LogP contribution in [0.2, 0.25) is 0 Å². The van der Waals surface area contributed by atoms with Gasteiger partial charge in [0.15, 0.2) is 0 Å². The summed E-state index contributed by atoms with van der Waals surface area (Å²) in [5, 5.41) is 12.3. The summed E-state index contributed by atoms with van der Waals surface area (Å²) in [7, 11) is 0. The van der Waals surface area contributed by atoms with Crippen LogP contribution in [0.15, 0.2) is 42.5 Å². The van der Waals surface area contributed by atoms with Crippen molar-refractivity contribution < 1.29 is 23.5 Å². The molecule has 2 saturated heterocycles. The molecule has 2 N–H and O–H groups in total. The molecule has 1 saturated carbocycles. The van der Waals surface area contributed by atoms with Crippen LogP contribution in [0.4, 0.5) is 19.3 Å². The third-order valence-electron chi connectivity index (χ3n) is 7.28. The zero-order chi connectivity index (χ0) is 24.5. The van der Waals surface area contributed by atoms with Crippen LogP contribution in [0, 0.1) is 29.4 Å². The molecular formula is C27H27F2N3O3. The summed E-state index contributed by atoms with van der Waals surface area (Å²) in [6.45, 7) is -0.159. The smallest absolute Gasteiger partial charge is 0.322 e. The van der Waals surface area contributed by atoms with Crippen LogP contribution in [0.3, 0.4) is 0 Å². The lowest BCUT2D eigenvalue weighted by atomic mass is 9.73. The molecule has 2 aromatic carbocycles. The second kappa shape index (κ2) is 9.67. The largest absolute Gasteiger partial charge is 0.394 e. The maximum atomic E-state index is 14.0. The number of amides is 3. The van der Waals surface area contributed by atoms with Gasteiger partial charge in [-0.15, -0.1) is 0 Å². The number of nitrogens with one attached hydrogen (secondary N) is 1. The van der Waals surface area contributed by atoms with Gasteiger partial charge in [-0.05, 0) is 42.7 Å². The first-order chi connectivity index (χ1) is 16.9. The predicted octanol–water partition coefficient (Wildman–Crippen LogP) is 3.71. The molecule has 3 aliphatic rings. The number of piperazine rings is 1. The number of hydrogen-bond acceptors (Lipinski definition) is 3. The first-order valence-corrected chi connectivity index (χ1v) is 12.0. The SMILES string of the molecule is O=C(Nc1cc(F)ccc1F)N1CC(=O)N2[C@@H](CO)[C@H](c3ccc(C#CC4CCCC4)cc3)[C@@H]2C1. The molecule has 0 spiro atoms. The Hall–Kier alpha value is -3.44. The van der Waals surface area contributed by atoms with E-state index in [0.717, 1.165) is 42.2 Å². The van der Waals surface area contributed by atoms with Gasteiger partial charge in [-0.3, -0.25) is 4.79 Å². The molecule has 2 aliphatic heterocycles. The van der Waals surface area contributed by atoms with E-state index in [9.17, 15) is 23.5 Å². The maximum absolute atomic E-state index is 14.0. The summed E-state index contributed by atoms with van der Waals surface area (Å²) in [5.41, 5.74) is 1.61. The predicted molar refractivity (Wildman–Crippen MR) is 126 cm³/mol. The minimum absolute atomic E-state index is 0.151. The quantitative estimate of drug-likeness (QED) is 0.660. The molecule has 2 aromatic rings. The van der Waals surface area contributed by atoms with Crippen LogP contribution in [0.5, 0.6) is 0 Å². The number of hydrogen-bond donors (Lipinski definition) is 2. The van der Waals surface area contributed by atoms with Gasteiger partial charge in [-0.2, -0.15) is 0 Å². The second-order valence-electron chi connectivity index (χ2n) is 9.45. The number of aliphatic hydroxyl groups is 1. The number of anilines is 1. The van der Waals surface area contributed by atoms with Crippen molar-refractivity contribution in [2.45, 2.75) is 43.7 Å². The fourth-order valence-electron chi connectivity index (χ4n) is 5.49. The Kier molecular flexibility index (Phi) is 6.44. The molecule has 3 atom stereocenters. The van der Waals surface area contributed by atoms with Crippen LogP contribution in [-0.2, 0) is 4.79 Å². The molecule has 0 bridgehead atoms. The van der Waals surface area contributed by atoms with Gasteiger partial charge in [0.05, 0.1) is 24.4 Å². The van der Waals surface area contributed by atoms with Crippen molar-refractivity contribution in [3.05, 3.63) is 65.2 Å². The molecule has 0 radical (unpaired) electrons. The molecule has 3 fully saturated rings. The molecule has 6 nitrogen and oxygen atoms in total. The van der Waals surface area contributed by atoms with Gasteiger partial charge in [-0.1, -0.05) is 36.8 Å². The molecule has 1 aliphatic carbocycles. The summed E-state index contributed by atoms with van der Waals surface area (Å²) >= 11 is 0. The standard InChI is InChI=1S/C27H27F2N3O3/c28-20-11-12-21(29)22(13-20)30-27(35)31-14-23-26(24(16-33)32(23)25(34)15-31)19-9-7-18(8-10-19)6-5-17-3-1-2-4-17/h7-13,17,23-24,26,33H,1-4,14-16H2,(H,30,35)/t23-,24-,26+/m0/s1. The highest BCUT2D eigenvalue weighted by Crippen LogP contribution is 2.43. The zero-order valence-electron chi connectivity index (χ0n) is 19.2. The van der Waals surface area contributed by atoms with Crippen molar-refractivity contribution in [1.29, 1.82) is 0 Å². The summed E-state index contributed by atoms with van der Waals surface area (Å²) < 4.78 is 27.4.